The highest BCUT2D eigenvalue weighted by Crippen LogP contribution is 2.26. The van der Waals surface area contributed by atoms with Crippen molar-refractivity contribution in [3.05, 3.63) is 0 Å². The summed E-state index contributed by atoms with van der Waals surface area (Å²) in [6.07, 6.45) is -0.0965. The van der Waals surface area contributed by atoms with Crippen LogP contribution in [-0.4, -0.2) is 20.0 Å². The van der Waals surface area contributed by atoms with E-state index < -0.39 is 21.7 Å². The Kier molecular flexibility index (Phi) is 4.18. The number of hydrogen-bond acceptors (Lipinski definition) is 3. The topological polar surface area (TPSA) is 43.4 Å². The average Bonchev–Trinajstić information content (AvgIpc) is 1.83. The second-order valence-electron chi connectivity index (χ2n) is 2.60. The van der Waals surface area contributed by atoms with E-state index in [1.807, 2.05) is 0 Å². The van der Waals surface area contributed by atoms with Crippen LogP contribution < -0.4 is 0 Å². The van der Waals surface area contributed by atoms with Gasteiger partial charge < -0.3 is 0 Å². The molecule has 80 valence electrons. The van der Waals surface area contributed by atoms with Crippen LogP contribution in [-0.2, 0) is 14.3 Å². The molecule has 13 heavy (non-hydrogen) atoms. The number of alkyl halides is 3. The molecule has 0 rings (SSSR count). The van der Waals surface area contributed by atoms with E-state index in [1.54, 1.807) is 6.92 Å². The molecule has 0 aromatic carbocycles. The van der Waals surface area contributed by atoms with Gasteiger partial charge in [0.15, 0.2) is 0 Å². The molecular formula is C6H11F3O3S. The summed E-state index contributed by atoms with van der Waals surface area (Å²) in [4.78, 5) is 0. The van der Waals surface area contributed by atoms with Gasteiger partial charge in [-0.05, 0) is 13.3 Å². The Morgan fingerprint density at radius 2 is 1.85 bits per heavy atom. The van der Waals surface area contributed by atoms with Crippen LogP contribution in [0.15, 0.2) is 0 Å². The molecule has 0 aliphatic rings. The summed E-state index contributed by atoms with van der Waals surface area (Å²) in [6.45, 7) is 3.01. The molecule has 7 heteroatoms. The molecule has 0 aromatic rings. The highest BCUT2D eigenvalue weighted by Gasteiger charge is 2.47. The van der Waals surface area contributed by atoms with Crippen molar-refractivity contribution in [3.8, 4) is 0 Å². The largest absolute Gasteiger partial charge is 0.523 e. The molecule has 0 aliphatic carbocycles. The third-order valence-corrected chi connectivity index (χ3v) is 2.42. The summed E-state index contributed by atoms with van der Waals surface area (Å²) >= 11 is 0. The molecule has 0 aliphatic heterocycles. The summed E-state index contributed by atoms with van der Waals surface area (Å²) < 4.78 is 59.8. The van der Waals surface area contributed by atoms with E-state index in [9.17, 15) is 21.6 Å². The molecule has 3 nitrogen and oxygen atoms in total. The quantitative estimate of drug-likeness (QED) is 0.538. The van der Waals surface area contributed by atoms with E-state index in [2.05, 4.69) is 4.18 Å². The Bertz CT molecular complexity index is 244. The zero-order valence-corrected chi connectivity index (χ0v) is 8.07. The van der Waals surface area contributed by atoms with Crippen molar-refractivity contribution in [2.45, 2.75) is 38.3 Å². The molecular weight excluding hydrogens is 209 g/mol. The Morgan fingerprint density at radius 1 is 1.38 bits per heavy atom. The third-order valence-electron chi connectivity index (χ3n) is 1.27. The predicted octanol–water partition coefficient (Wildman–Crippen LogP) is 2.04. The van der Waals surface area contributed by atoms with Gasteiger partial charge in [-0.15, -0.1) is 0 Å². The SMILES string of the molecule is CCC[C@H](C)OS(=O)(=O)C(F)(F)F. The Morgan fingerprint density at radius 3 is 2.15 bits per heavy atom. The average molecular weight is 220 g/mol. The van der Waals surface area contributed by atoms with E-state index in [-0.39, 0.29) is 6.42 Å². The first-order valence-electron chi connectivity index (χ1n) is 3.70. The molecule has 0 heterocycles. The van der Waals surface area contributed by atoms with Crippen LogP contribution in [0, 0.1) is 0 Å². The maximum atomic E-state index is 11.7. The highest BCUT2D eigenvalue weighted by molar-refractivity contribution is 7.87. The van der Waals surface area contributed by atoms with Crippen LogP contribution in [0.1, 0.15) is 26.7 Å². The van der Waals surface area contributed by atoms with Crippen LogP contribution in [0.4, 0.5) is 13.2 Å². The minimum absolute atomic E-state index is 0.273. The maximum absolute atomic E-state index is 11.7. The van der Waals surface area contributed by atoms with Crippen LogP contribution in [0.5, 0.6) is 0 Å². The van der Waals surface area contributed by atoms with Gasteiger partial charge in [-0.1, -0.05) is 13.3 Å². The highest BCUT2D eigenvalue weighted by atomic mass is 32.2. The van der Waals surface area contributed by atoms with Gasteiger partial charge >= 0.3 is 15.6 Å². The Balaban J connectivity index is 4.36. The minimum Gasteiger partial charge on any atom is -0.260 e. The smallest absolute Gasteiger partial charge is 0.260 e. The fourth-order valence-corrected chi connectivity index (χ4v) is 1.36. The fourth-order valence-electron chi connectivity index (χ4n) is 0.725. The molecule has 0 bridgehead atoms. The maximum Gasteiger partial charge on any atom is 0.523 e. The summed E-state index contributed by atoms with van der Waals surface area (Å²) in [7, 11) is -5.42. The van der Waals surface area contributed by atoms with Gasteiger partial charge in [0.25, 0.3) is 0 Å². The van der Waals surface area contributed by atoms with E-state index in [4.69, 9.17) is 0 Å². The summed E-state index contributed by atoms with van der Waals surface area (Å²) in [5, 5.41) is 0. The molecule has 0 unspecified atom stereocenters. The van der Waals surface area contributed by atoms with Crippen molar-refractivity contribution in [3.63, 3.8) is 0 Å². The second-order valence-corrected chi connectivity index (χ2v) is 4.16. The zero-order valence-electron chi connectivity index (χ0n) is 7.26. The molecule has 0 N–H and O–H groups in total. The van der Waals surface area contributed by atoms with Crippen molar-refractivity contribution < 1.29 is 25.8 Å². The van der Waals surface area contributed by atoms with Crippen LogP contribution >= 0.6 is 0 Å². The van der Waals surface area contributed by atoms with Crippen molar-refractivity contribution >= 4 is 10.1 Å². The standard InChI is InChI=1S/C6H11F3O3S/c1-3-4-5(2)12-13(10,11)6(7,8)9/h5H,3-4H2,1-2H3/t5-/m0/s1. The van der Waals surface area contributed by atoms with Crippen LogP contribution in [0.25, 0.3) is 0 Å². The van der Waals surface area contributed by atoms with Crippen molar-refractivity contribution in [2.75, 3.05) is 0 Å². The van der Waals surface area contributed by atoms with Crippen molar-refractivity contribution in [1.29, 1.82) is 0 Å². The molecule has 0 saturated heterocycles. The van der Waals surface area contributed by atoms with Gasteiger partial charge in [0.1, 0.15) is 0 Å². The minimum atomic E-state index is -5.42. The van der Waals surface area contributed by atoms with Gasteiger partial charge in [0.2, 0.25) is 0 Å². The fraction of sp³-hybridized carbons (Fsp3) is 1.00. The number of halogens is 3. The third kappa shape index (κ3) is 3.95. The first-order valence-corrected chi connectivity index (χ1v) is 5.11. The van der Waals surface area contributed by atoms with E-state index in [0.717, 1.165) is 0 Å². The first-order chi connectivity index (χ1) is 5.70. The van der Waals surface area contributed by atoms with Gasteiger partial charge in [-0.2, -0.15) is 21.6 Å². The number of hydrogen-bond donors (Lipinski definition) is 0. The lowest BCUT2D eigenvalue weighted by atomic mass is 10.2. The lowest BCUT2D eigenvalue weighted by molar-refractivity contribution is -0.0570. The molecule has 1 atom stereocenters. The Hall–Kier alpha value is -0.300. The van der Waals surface area contributed by atoms with Gasteiger partial charge in [0, 0.05) is 0 Å². The lowest BCUT2D eigenvalue weighted by Gasteiger charge is -2.13. The van der Waals surface area contributed by atoms with Gasteiger partial charge in [-0.3, -0.25) is 4.18 Å². The van der Waals surface area contributed by atoms with E-state index in [1.165, 1.54) is 6.92 Å². The Labute approximate surface area is 75.0 Å². The summed E-state index contributed by atoms with van der Waals surface area (Å²) in [6, 6.07) is 0. The zero-order chi connectivity index (χ0) is 10.7. The number of rotatable bonds is 4. The second kappa shape index (κ2) is 4.28. The molecule has 0 saturated carbocycles. The lowest BCUT2D eigenvalue weighted by Crippen LogP contribution is -2.28. The summed E-state index contributed by atoms with van der Waals surface area (Å²) in [5.74, 6) is 0. The molecule has 0 spiro atoms. The van der Waals surface area contributed by atoms with Gasteiger partial charge in [0.05, 0.1) is 6.10 Å². The molecule has 0 aromatic heterocycles. The normalized spacial score (nSPS) is 15.8. The molecule has 0 amide bonds. The van der Waals surface area contributed by atoms with E-state index >= 15 is 0 Å². The molecule has 0 fully saturated rings. The molecule has 0 radical (unpaired) electrons. The monoisotopic (exact) mass is 220 g/mol. The van der Waals surface area contributed by atoms with Crippen molar-refractivity contribution in [2.24, 2.45) is 0 Å². The summed E-state index contributed by atoms with van der Waals surface area (Å²) in [5.41, 5.74) is -5.32. The van der Waals surface area contributed by atoms with Crippen molar-refractivity contribution in [1.82, 2.24) is 0 Å². The van der Waals surface area contributed by atoms with E-state index in [0.29, 0.717) is 6.42 Å². The first kappa shape index (κ1) is 12.7. The van der Waals surface area contributed by atoms with Crippen LogP contribution in [0.3, 0.4) is 0 Å². The van der Waals surface area contributed by atoms with Crippen LogP contribution in [0.2, 0.25) is 0 Å². The van der Waals surface area contributed by atoms with Gasteiger partial charge in [-0.25, -0.2) is 0 Å². The predicted molar refractivity (Wildman–Crippen MR) is 40.4 cm³/mol.